The largest absolute Gasteiger partial charge is 0.493 e. The minimum absolute atomic E-state index is 0.00472. The molecular weight excluding hydrogens is 338 g/mol. The summed E-state index contributed by atoms with van der Waals surface area (Å²) < 4.78 is 16.2. The Labute approximate surface area is 152 Å². The van der Waals surface area contributed by atoms with Crippen LogP contribution in [-0.2, 0) is 20.7 Å². The molecule has 1 aromatic carbocycles. The molecule has 7 nitrogen and oxygen atoms in total. The van der Waals surface area contributed by atoms with E-state index in [1.165, 1.54) is 7.11 Å². The molecule has 0 radical (unpaired) electrons. The average molecular weight is 363 g/mol. The van der Waals surface area contributed by atoms with Crippen molar-refractivity contribution >= 4 is 11.9 Å². The molecule has 26 heavy (non-hydrogen) atoms. The van der Waals surface area contributed by atoms with Gasteiger partial charge < -0.3 is 24.2 Å². The third kappa shape index (κ3) is 4.09. The Kier molecular flexibility index (Phi) is 5.66. The fourth-order valence-corrected chi connectivity index (χ4v) is 3.39. The summed E-state index contributed by atoms with van der Waals surface area (Å²) in [5.74, 6) is 0.594. The van der Waals surface area contributed by atoms with Crippen molar-refractivity contribution in [3.63, 3.8) is 0 Å². The maximum Gasteiger partial charge on any atom is 0.305 e. The Morgan fingerprint density at radius 1 is 1.19 bits per heavy atom. The van der Waals surface area contributed by atoms with Crippen molar-refractivity contribution in [3.8, 4) is 11.5 Å². The first-order valence-corrected chi connectivity index (χ1v) is 8.87. The molecule has 3 rings (SSSR count). The van der Waals surface area contributed by atoms with Crippen molar-refractivity contribution in [2.75, 3.05) is 34.0 Å². The number of carboxylic acids is 1. The first-order chi connectivity index (χ1) is 12.5. The van der Waals surface area contributed by atoms with Gasteiger partial charge in [-0.3, -0.25) is 9.59 Å². The number of methoxy groups -OCH3 is 2. The quantitative estimate of drug-likeness (QED) is 0.761. The second-order valence-electron chi connectivity index (χ2n) is 6.82. The standard InChI is InChI=1S/C19H25NO6/c1-24-16-7-13-5-6-20(18(21)11-26-10-12-3-4-12)15(9-19(22)23)14(13)8-17(16)25-2/h7-8,12,15H,3-6,9-11H2,1-2H3,(H,22,23)/t15-/m1/s1. The molecular formula is C19H25NO6. The Bertz CT molecular complexity index is 685. The van der Waals surface area contributed by atoms with E-state index in [9.17, 15) is 14.7 Å². The van der Waals surface area contributed by atoms with Gasteiger partial charge in [0.05, 0.1) is 33.3 Å². The fraction of sp³-hybridized carbons (Fsp3) is 0.579. The van der Waals surface area contributed by atoms with E-state index in [1.54, 1.807) is 18.1 Å². The van der Waals surface area contributed by atoms with E-state index in [4.69, 9.17) is 14.2 Å². The lowest BCUT2D eigenvalue weighted by molar-refractivity contribution is -0.143. The maximum absolute atomic E-state index is 12.6. The van der Waals surface area contributed by atoms with Gasteiger partial charge in [-0.15, -0.1) is 0 Å². The van der Waals surface area contributed by atoms with Gasteiger partial charge in [0.1, 0.15) is 6.61 Å². The predicted molar refractivity (Wildman–Crippen MR) is 93.5 cm³/mol. The Morgan fingerprint density at radius 2 is 1.88 bits per heavy atom. The lowest BCUT2D eigenvalue weighted by Crippen LogP contribution is -2.42. The van der Waals surface area contributed by atoms with Crippen LogP contribution in [-0.4, -0.2) is 55.9 Å². The van der Waals surface area contributed by atoms with Gasteiger partial charge in [-0.2, -0.15) is 0 Å². The summed E-state index contributed by atoms with van der Waals surface area (Å²) in [5.41, 5.74) is 1.78. The van der Waals surface area contributed by atoms with Crippen LogP contribution in [0.25, 0.3) is 0 Å². The van der Waals surface area contributed by atoms with E-state index < -0.39 is 12.0 Å². The lowest BCUT2D eigenvalue weighted by Gasteiger charge is -2.37. The van der Waals surface area contributed by atoms with Gasteiger partial charge in [-0.05, 0) is 48.4 Å². The number of carbonyl (C=O) groups excluding carboxylic acids is 1. The summed E-state index contributed by atoms with van der Waals surface area (Å²) in [7, 11) is 3.10. The number of rotatable bonds is 8. The Hall–Kier alpha value is -2.28. The van der Waals surface area contributed by atoms with E-state index in [1.807, 2.05) is 6.07 Å². The number of benzene rings is 1. The fourth-order valence-electron chi connectivity index (χ4n) is 3.39. The Balaban J connectivity index is 1.82. The molecule has 0 spiro atoms. The summed E-state index contributed by atoms with van der Waals surface area (Å²) in [6, 6.07) is 3.12. The second kappa shape index (κ2) is 7.95. The van der Waals surface area contributed by atoms with Gasteiger partial charge in [0.25, 0.3) is 0 Å². The number of ether oxygens (including phenoxy) is 3. The summed E-state index contributed by atoms with van der Waals surface area (Å²) in [6.45, 7) is 1.06. The van der Waals surface area contributed by atoms with E-state index in [0.717, 1.165) is 24.0 Å². The number of carbonyl (C=O) groups is 2. The van der Waals surface area contributed by atoms with Crippen LogP contribution in [0.3, 0.4) is 0 Å². The maximum atomic E-state index is 12.6. The number of hydrogen-bond donors (Lipinski definition) is 1. The highest BCUT2D eigenvalue weighted by Crippen LogP contribution is 2.39. The number of nitrogens with zero attached hydrogens (tertiary/aromatic N) is 1. The molecule has 7 heteroatoms. The number of aliphatic carboxylic acids is 1. The van der Waals surface area contributed by atoms with Crippen LogP contribution in [0.1, 0.15) is 36.4 Å². The van der Waals surface area contributed by atoms with Gasteiger partial charge in [-0.1, -0.05) is 0 Å². The highest BCUT2D eigenvalue weighted by atomic mass is 16.5. The number of fused-ring (bicyclic) bond motifs is 1. The number of carboxylic acid groups (broad SMARTS) is 1. The molecule has 142 valence electrons. The van der Waals surface area contributed by atoms with Crippen LogP contribution in [0.15, 0.2) is 12.1 Å². The van der Waals surface area contributed by atoms with Crippen LogP contribution < -0.4 is 9.47 Å². The van der Waals surface area contributed by atoms with Crippen molar-refractivity contribution in [3.05, 3.63) is 23.3 Å². The molecule has 1 aliphatic heterocycles. The molecule has 1 saturated carbocycles. The highest BCUT2D eigenvalue weighted by Gasteiger charge is 2.34. The van der Waals surface area contributed by atoms with Crippen LogP contribution in [0.4, 0.5) is 0 Å². The van der Waals surface area contributed by atoms with Gasteiger partial charge in [-0.25, -0.2) is 0 Å². The average Bonchev–Trinajstić information content (AvgIpc) is 3.44. The zero-order valence-electron chi connectivity index (χ0n) is 15.2. The third-order valence-corrected chi connectivity index (χ3v) is 4.97. The lowest BCUT2D eigenvalue weighted by atomic mass is 9.90. The van der Waals surface area contributed by atoms with Crippen LogP contribution in [0, 0.1) is 5.92 Å². The molecule has 0 saturated heterocycles. The topological polar surface area (TPSA) is 85.3 Å². The second-order valence-corrected chi connectivity index (χ2v) is 6.82. The smallest absolute Gasteiger partial charge is 0.305 e. The minimum Gasteiger partial charge on any atom is -0.493 e. The summed E-state index contributed by atoms with van der Waals surface area (Å²) >= 11 is 0. The molecule has 0 unspecified atom stereocenters. The normalized spacial score (nSPS) is 19.0. The summed E-state index contributed by atoms with van der Waals surface area (Å²) in [5, 5.41) is 9.35. The van der Waals surface area contributed by atoms with E-state index in [2.05, 4.69) is 0 Å². The first-order valence-electron chi connectivity index (χ1n) is 8.87. The zero-order chi connectivity index (χ0) is 18.7. The van der Waals surface area contributed by atoms with Crippen LogP contribution >= 0.6 is 0 Å². The van der Waals surface area contributed by atoms with Gasteiger partial charge >= 0.3 is 5.97 Å². The predicted octanol–water partition coefficient (Wildman–Crippen LogP) is 2.03. The Morgan fingerprint density at radius 3 is 2.50 bits per heavy atom. The van der Waals surface area contributed by atoms with Crippen LogP contribution in [0.2, 0.25) is 0 Å². The highest BCUT2D eigenvalue weighted by molar-refractivity contribution is 5.79. The molecule has 1 atom stereocenters. The molecule has 1 amide bonds. The number of amides is 1. The van der Waals surface area contributed by atoms with Crippen molar-refractivity contribution in [1.29, 1.82) is 0 Å². The summed E-state index contributed by atoms with van der Waals surface area (Å²) in [6.07, 6.45) is 2.81. The molecule has 1 N–H and O–H groups in total. The van der Waals surface area contributed by atoms with Gasteiger partial charge in [0.2, 0.25) is 5.91 Å². The van der Waals surface area contributed by atoms with E-state index in [0.29, 0.717) is 37.0 Å². The minimum atomic E-state index is -0.950. The summed E-state index contributed by atoms with van der Waals surface area (Å²) in [4.78, 5) is 25.7. The van der Waals surface area contributed by atoms with E-state index in [-0.39, 0.29) is 18.9 Å². The molecule has 1 heterocycles. The van der Waals surface area contributed by atoms with Gasteiger partial charge in [0.15, 0.2) is 11.5 Å². The molecule has 1 aromatic rings. The van der Waals surface area contributed by atoms with Crippen molar-refractivity contribution in [2.45, 2.75) is 31.7 Å². The monoisotopic (exact) mass is 363 g/mol. The zero-order valence-corrected chi connectivity index (χ0v) is 15.2. The van der Waals surface area contributed by atoms with Crippen molar-refractivity contribution in [2.24, 2.45) is 5.92 Å². The van der Waals surface area contributed by atoms with Crippen molar-refractivity contribution in [1.82, 2.24) is 4.90 Å². The van der Waals surface area contributed by atoms with Gasteiger partial charge in [0, 0.05) is 6.54 Å². The third-order valence-electron chi connectivity index (χ3n) is 4.97. The molecule has 1 aliphatic carbocycles. The van der Waals surface area contributed by atoms with E-state index >= 15 is 0 Å². The van der Waals surface area contributed by atoms with Crippen molar-refractivity contribution < 1.29 is 28.9 Å². The first kappa shape index (κ1) is 18.5. The van der Waals surface area contributed by atoms with Crippen LogP contribution in [0.5, 0.6) is 11.5 Å². The SMILES string of the molecule is COc1cc2c(cc1OC)[C@@H](CC(=O)O)N(C(=O)COCC1CC1)CC2. The number of hydrogen-bond acceptors (Lipinski definition) is 5. The molecule has 1 fully saturated rings. The molecule has 2 aliphatic rings. The molecule has 0 bridgehead atoms. The molecule has 0 aromatic heterocycles.